The van der Waals surface area contributed by atoms with Gasteiger partial charge in [-0.3, -0.25) is 4.90 Å². The zero-order valence-corrected chi connectivity index (χ0v) is 12.4. The first-order chi connectivity index (χ1) is 8.50. The lowest BCUT2D eigenvalue weighted by Gasteiger charge is -2.36. The second-order valence-electron chi connectivity index (χ2n) is 7.11. The molecule has 104 valence electrons. The third-order valence-corrected chi connectivity index (χ3v) is 4.69. The Morgan fingerprint density at radius 3 is 2.61 bits per heavy atom. The monoisotopic (exact) mass is 250 g/mol. The zero-order chi connectivity index (χ0) is 13.2. The van der Waals surface area contributed by atoms with Gasteiger partial charge in [0, 0.05) is 30.7 Å². The number of rotatable bonds is 4. The standard InChI is InChI=1S/C16H30N2/c1-5-10-18(16(2,3)4)12-14-11-13-8-6-7-9-15(13)17-14/h5,13-15,17H,1,6-12H2,2-4H3. The molecule has 2 fully saturated rings. The fourth-order valence-corrected chi connectivity index (χ4v) is 3.62. The van der Waals surface area contributed by atoms with Crippen molar-refractivity contribution in [3.63, 3.8) is 0 Å². The summed E-state index contributed by atoms with van der Waals surface area (Å²) in [7, 11) is 0. The molecular weight excluding hydrogens is 220 g/mol. The molecule has 2 heteroatoms. The second kappa shape index (κ2) is 5.75. The van der Waals surface area contributed by atoms with E-state index < -0.39 is 0 Å². The molecule has 18 heavy (non-hydrogen) atoms. The molecule has 1 aliphatic carbocycles. The van der Waals surface area contributed by atoms with Gasteiger partial charge < -0.3 is 5.32 Å². The van der Waals surface area contributed by atoms with Crippen LogP contribution >= 0.6 is 0 Å². The smallest absolute Gasteiger partial charge is 0.0201 e. The van der Waals surface area contributed by atoms with E-state index in [1.165, 1.54) is 38.6 Å². The van der Waals surface area contributed by atoms with E-state index in [2.05, 4.69) is 37.6 Å². The summed E-state index contributed by atoms with van der Waals surface area (Å²) in [4.78, 5) is 2.55. The Hall–Kier alpha value is -0.340. The lowest BCUT2D eigenvalue weighted by molar-refractivity contribution is 0.139. The van der Waals surface area contributed by atoms with Crippen LogP contribution in [0.25, 0.3) is 0 Å². The van der Waals surface area contributed by atoms with Crippen molar-refractivity contribution in [2.75, 3.05) is 13.1 Å². The Balaban J connectivity index is 1.90. The molecular formula is C16H30N2. The topological polar surface area (TPSA) is 15.3 Å². The first-order valence-electron chi connectivity index (χ1n) is 7.62. The van der Waals surface area contributed by atoms with Crippen LogP contribution in [0.2, 0.25) is 0 Å². The molecule has 0 aromatic heterocycles. The minimum Gasteiger partial charge on any atom is -0.310 e. The van der Waals surface area contributed by atoms with Crippen LogP contribution in [0.15, 0.2) is 12.7 Å². The molecule has 3 atom stereocenters. The van der Waals surface area contributed by atoms with Crippen molar-refractivity contribution in [2.24, 2.45) is 5.92 Å². The molecule has 0 aromatic rings. The largest absolute Gasteiger partial charge is 0.310 e. The van der Waals surface area contributed by atoms with Crippen molar-refractivity contribution in [2.45, 2.75) is 70.5 Å². The van der Waals surface area contributed by atoms with Crippen LogP contribution in [0.4, 0.5) is 0 Å². The Labute approximate surface area is 113 Å². The predicted molar refractivity (Wildman–Crippen MR) is 78.8 cm³/mol. The van der Waals surface area contributed by atoms with E-state index >= 15 is 0 Å². The highest BCUT2D eigenvalue weighted by atomic mass is 15.2. The minimum atomic E-state index is 0.240. The van der Waals surface area contributed by atoms with Crippen molar-refractivity contribution in [3.8, 4) is 0 Å². The van der Waals surface area contributed by atoms with Crippen molar-refractivity contribution in [1.82, 2.24) is 10.2 Å². The third kappa shape index (κ3) is 3.36. The van der Waals surface area contributed by atoms with E-state index in [4.69, 9.17) is 0 Å². The molecule has 2 rings (SSSR count). The van der Waals surface area contributed by atoms with Crippen LogP contribution in [0.3, 0.4) is 0 Å². The van der Waals surface area contributed by atoms with Gasteiger partial charge in [0.2, 0.25) is 0 Å². The van der Waals surface area contributed by atoms with Crippen molar-refractivity contribution in [1.29, 1.82) is 0 Å². The second-order valence-corrected chi connectivity index (χ2v) is 7.11. The van der Waals surface area contributed by atoms with E-state index in [9.17, 15) is 0 Å². The summed E-state index contributed by atoms with van der Waals surface area (Å²) >= 11 is 0. The van der Waals surface area contributed by atoms with Crippen LogP contribution in [0, 0.1) is 5.92 Å². The molecule has 1 N–H and O–H groups in total. The van der Waals surface area contributed by atoms with Gasteiger partial charge in [0.1, 0.15) is 0 Å². The molecule has 0 amide bonds. The van der Waals surface area contributed by atoms with Crippen LogP contribution in [-0.4, -0.2) is 35.6 Å². The van der Waals surface area contributed by atoms with Gasteiger partial charge in [0.25, 0.3) is 0 Å². The summed E-state index contributed by atoms with van der Waals surface area (Å²) in [6, 6.07) is 1.51. The summed E-state index contributed by atoms with van der Waals surface area (Å²) in [5.74, 6) is 0.953. The SMILES string of the molecule is C=CCN(CC1CC2CCCCC2N1)C(C)(C)C. The van der Waals surface area contributed by atoms with E-state index in [1.54, 1.807) is 0 Å². The number of nitrogens with one attached hydrogen (secondary N) is 1. The highest BCUT2D eigenvalue weighted by Gasteiger charge is 2.36. The van der Waals surface area contributed by atoms with E-state index in [0.717, 1.165) is 18.5 Å². The predicted octanol–water partition coefficient (Wildman–Crippen LogP) is 3.19. The van der Waals surface area contributed by atoms with E-state index in [1.807, 2.05) is 6.08 Å². The number of hydrogen-bond acceptors (Lipinski definition) is 2. The first-order valence-corrected chi connectivity index (χ1v) is 7.62. The molecule has 0 bridgehead atoms. The van der Waals surface area contributed by atoms with Crippen molar-refractivity contribution in [3.05, 3.63) is 12.7 Å². The summed E-state index contributed by atoms with van der Waals surface area (Å²) in [5.41, 5.74) is 0.240. The van der Waals surface area contributed by atoms with Gasteiger partial charge in [-0.05, 0) is 46.0 Å². The van der Waals surface area contributed by atoms with Crippen LogP contribution < -0.4 is 5.32 Å². The summed E-state index contributed by atoms with van der Waals surface area (Å²) < 4.78 is 0. The van der Waals surface area contributed by atoms with E-state index in [-0.39, 0.29) is 5.54 Å². The van der Waals surface area contributed by atoms with Gasteiger partial charge in [0.05, 0.1) is 0 Å². The van der Waals surface area contributed by atoms with Gasteiger partial charge in [-0.1, -0.05) is 18.9 Å². The Bertz CT molecular complexity index is 265. The normalized spacial score (nSPS) is 32.6. The maximum absolute atomic E-state index is 3.90. The van der Waals surface area contributed by atoms with Crippen LogP contribution in [0.1, 0.15) is 52.9 Å². The fraction of sp³-hybridized carbons (Fsp3) is 0.875. The van der Waals surface area contributed by atoms with E-state index in [0.29, 0.717) is 6.04 Å². The highest BCUT2D eigenvalue weighted by Crippen LogP contribution is 2.33. The Kier molecular flexibility index (Phi) is 4.50. The van der Waals surface area contributed by atoms with Gasteiger partial charge in [-0.2, -0.15) is 0 Å². The fourth-order valence-electron chi connectivity index (χ4n) is 3.62. The summed E-state index contributed by atoms with van der Waals surface area (Å²) in [5, 5.41) is 3.88. The molecule has 0 spiro atoms. The maximum Gasteiger partial charge on any atom is 0.0201 e. The molecule has 0 aromatic carbocycles. The van der Waals surface area contributed by atoms with Gasteiger partial charge >= 0.3 is 0 Å². The molecule has 2 nitrogen and oxygen atoms in total. The first kappa shape index (κ1) is 14.1. The van der Waals surface area contributed by atoms with Crippen LogP contribution in [0.5, 0.6) is 0 Å². The molecule has 0 radical (unpaired) electrons. The molecule has 1 heterocycles. The zero-order valence-electron chi connectivity index (χ0n) is 12.4. The van der Waals surface area contributed by atoms with Gasteiger partial charge in [-0.25, -0.2) is 0 Å². The van der Waals surface area contributed by atoms with Gasteiger partial charge in [-0.15, -0.1) is 6.58 Å². The number of hydrogen-bond donors (Lipinski definition) is 1. The van der Waals surface area contributed by atoms with Gasteiger partial charge in [0.15, 0.2) is 0 Å². The third-order valence-electron chi connectivity index (χ3n) is 4.69. The lowest BCUT2D eigenvalue weighted by atomic mass is 9.85. The molecule has 1 aliphatic heterocycles. The molecule has 1 saturated carbocycles. The quantitative estimate of drug-likeness (QED) is 0.771. The van der Waals surface area contributed by atoms with Crippen molar-refractivity contribution < 1.29 is 0 Å². The Morgan fingerprint density at radius 1 is 1.28 bits per heavy atom. The van der Waals surface area contributed by atoms with Crippen molar-refractivity contribution >= 4 is 0 Å². The average molecular weight is 250 g/mol. The summed E-state index contributed by atoms with van der Waals surface area (Å²) in [6.07, 6.45) is 9.15. The lowest BCUT2D eigenvalue weighted by Crippen LogP contribution is -2.48. The number of nitrogens with zero attached hydrogens (tertiary/aromatic N) is 1. The number of fused-ring (bicyclic) bond motifs is 1. The Morgan fingerprint density at radius 2 is 2.00 bits per heavy atom. The average Bonchev–Trinajstić information content (AvgIpc) is 2.69. The minimum absolute atomic E-state index is 0.240. The molecule has 1 saturated heterocycles. The molecule has 3 unspecified atom stereocenters. The van der Waals surface area contributed by atoms with Crippen LogP contribution in [-0.2, 0) is 0 Å². The molecule has 2 aliphatic rings. The highest BCUT2D eigenvalue weighted by molar-refractivity contribution is 4.96. The summed E-state index contributed by atoms with van der Waals surface area (Å²) in [6.45, 7) is 13.0. The maximum atomic E-state index is 3.90.